The molecule has 11 rings (SSSR count). The lowest BCUT2D eigenvalue weighted by Gasteiger charge is -2.15. The molecule has 8 aromatic carbocycles. The Morgan fingerprint density at radius 1 is 0.288 bits per heavy atom. The van der Waals surface area contributed by atoms with Crippen LogP contribution in [-0.2, 0) is 0 Å². The van der Waals surface area contributed by atoms with Gasteiger partial charge in [0, 0.05) is 33.0 Å². The van der Waals surface area contributed by atoms with Crippen LogP contribution in [0.2, 0.25) is 0 Å². The molecule has 0 aliphatic carbocycles. The van der Waals surface area contributed by atoms with Gasteiger partial charge in [0.25, 0.3) is 0 Å². The van der Waals surface area contributed by atoms with Crippen LogP contribution in [-0.4, -0.2) is 34.5 Å². The molecule has 0 radical (unpaired) electrons. The van der Waals surface area contributed by atoms with Crippen molar-refractivity contribution in [1.29, 1.82) is 0 Å². The Bertz CT molecular complexity index is 3240. The molecule has 3 aromatic heterocycles. The van der Waals surface area contributed by atoms with E-state index in [1.54, 1.807) is 0 Å². The standard InChI is InChI=1S/C52H33N7/c1-5-17-34(18-6-1)35-29-31-39(32-30-35)50-54-49(38-23-11-4-12-24-38)57-52(58-50)59-44-28-16-15-27-42(44)43-33-40-25-13-14-26-41(40)45(46(43)59)51-55-47(36-19-7-2-8-20-36)53-48(56-51)37-21-9-3-10-22-37/h1-33H. The SMILES string of the molecule is c1ccc(-c2ccc(-c3nc(-c4ccccc4)nc(-n4c5ccccc5c5cc6ccccc6c(-c6nc(-c7ccccc7)nc(-c7ccccc7)n6)c54)n3)cc2)cc1. The van der Waals surface area contributed by atoms with Crippen molar-refractivity contribution in [1.82, 2.24) is 34.5 Å². The smallest absolute Gasteiger partial charge is 0.238 e. The first-order chi connectivity index (χ1) is 29.2. The molecule has 0 atom stereocenters. The molecule has 11 aromatic rings. The molecule has 0 saturated carbocycles. The molecule has 0 saturated heterocycles. The van der Waals surface area contributed by atoms with Crippen molar-refractivity contribution in [2.24, 2.45) is 0 Å². The molecule has 59 heavy (non-hydrogen) atoms. The predicted molar refractivity (Wildman–Crippen MR) is 238 cm³/mol. The quantitative estimate of drug-likeness (QED) is 0.161. The second kappa shape index (κ2) is 14.4. The van der Waals surface area contributed by atoms with Crippen molar-refractivity contribution >= 4 is 32.6 Å². The van der Waals surface area contributed by atoms with E-state index in [4.69, 9.17) is 29.9 Å². The highest BCUT2D eigenvalue weighted by Crippen LogP contribution is 2.42. The van der Waals surface area contributed by atoms with Gasteiger partial charge in [0.1, 0.15) is 0 Å². The summed E-state index contributed by atoms with van der Waals surface area (Å²) >= 11 is 0. The molecule has 0 aliphatic rings. The maximum absolute atomic E-state index is 5.31. The van der Waals surface area contributed by atoms with Gasteiger partial charge in [-0.2, -0.15) is 9.97 Å². The summed E-state index contributed by atoms with van der Waals surface area (Å²) in [5, 5.41) is 4.17. The Morgan fingerprint density at radius 2 is 0.678 bits per heavy atom. The van der Waals surface area contributed by atoms with Crippen LogP contribution in [0.5, 0.6) is 0 Å². The maximum Gasteiger partial charge on any atom is 0.238 e. The van der Waals surface area contributed by atoms with Crippen LogP contribution in [0.4, 0.5) is 0 Å². The molecule has 7 nitrogen and oxygen atoms in total. The van der Waals surface area contributed by atoms with Gasteiger partial charge in [-0.05, 0) is 34.0 Å². The summed E-state index contributed by atoms with van der Waals surface area (Å²) < 4.78 is 2.16. The average Bonchev–Trinajstić information content (AvgIpc) is 3.65. The Balaban J connectivity index is 1.23. The zero-order chi connectivity index (χ0) is 39.1. The summed E-state index contributed by atoms with van der Waals surface area (Å²) in [7, 11) is 0. The molecule has 0 bridgehead atoms. The van der Waals surface area contributed by atoms with Crippen LogP contribution in [0, 0.1) is 0 Å². The van der Waals surface area contributed by atoms with Crippen LogP contribution >= 0.6 is 0 Å². The van der Waals surface area contributed by atoms with Crippen molar-refractivity contribution < 1.29 is 0 Å². The summed E-state index contributed by atoms with van der Waals surface area (Å²) in [6.07, 6.45) is 0. The van der Waals surface area contributed by atoms with E-state index in [9.17, 15) is 0 Å². The Morgan fingerprint density at radius 3 is 1.24 bits per heavy atom. The minimum atomic E-state index is 0.490. The van der Waals surface area contributed by atoms with E-state index in [0.29, 0.717) is 35.1 Å². The summed E-state index contributed by atoms with van der Waals surface area (Å²) in [6, 6.07) is 68.1. The first-order valence-corrected chi connectivity index (χ1v) is 19.6. The highest BCUT2D eigenvalue weighted by molar-refractivity contribution is 6.20. The highest BCUT2D eigenvalue weighted by atomic mass is 15.2. The Hall–Kier alpha value is -8.16. The zero-order valence-electron chi connectivity index (χ0n) is 31.7. The number of hydrogen-bond acceptors (Lipinski definition) is 6. The normalized spacial score (nSPS) is 11.4. The lowest BCUT2D eigenvalue weighted by atomic mass is 9.99. The topological polar surface area (TPSA) is 82.3 Å². The number of benzene rings is 8. The fraction of sp³-hybridized carbons (Fsp3) is 0. The molecule has 0 amide bonds. The number of rotatable bonds is 7. The van der Waals surface area contributed by atoms with E-state index in [0.717, 1.165) is 71.5 Å². The minimum absolute atomic E-state index is 0.490. The van der Waals surface area contributed by atoms with E-state index in [-0.39, 0.29) is 0 Å². The zero-order valence-corrected chi connectivity index (χ0v) is 31.7. The monoisotopic (exact) mass is 755 g/mol. The van der Waals surface area contributed by atoms with E-state index in [2.05, 4.69) is 108 Å². The Kier molecular flexibility index (Phi) is 8.33. The van der Waals surface area contributed by atoms with E-state index < -0.39 is 0 Å². The average molecular weight is 756 g/mol. The highest BCUT2D eigenvalue weighted by Gasteiger charge is 2.25. The van der Waals surface area contributed by atoms with E-state index in [1.165, 1.54) is 0 Å². The first kappa shape index (κ1) is 34.1. The van der Waals surface area contributed by atoms with Gasteiger partial charge in [0.2, 0.25) is 5.95 Å². The van der Waals surface area contributed by atoms with Crippen LogP contribution in [0.3, 0.4) is 0 Å². The second-order valence-corrected chi connectivity index (χ2v) is 14.4. The van der Waals surface area contributed by atoms with Crippen LogP contribution in [0.1, 0.15) is 0 Å². The third-order valence-corrected chi connectivity index (χ3v) is 10.7. The molecule has 7 heteroatoms. The van der Waals surface area contributed by atoms with Crippen LogP contribution in [0.15, 0.2) is 200 Å². The number of fused-ring (bicyclic) bond motifs is 4. The number of para-hydroxylation sites is 1. The van der Waals surface area contributed by atoms with Crippen molar-refractivity contribution in [3.63, 3.8) is 0 Å². The lowest BCUT2D eigenvalue weighted by Crippen LogP contribution is -2.08. The third-order valence-electron chi connectivity index (χ3n) is 10.7. The molecule has 0 aliphatic heterocycles. The largest absolute Gasteiger partial charge is 0.277 e. The summed E-state index contributed by atoms with van der Waals surface area (Å²) in [5.41, 5.74) is 8.55. The van der Waals surface area contributed by atoms with Crippen molar-refractivity contribution in [2.75, 3.05) is 0 Å². The van der Waals surface area contributed by atoms with Gasteiger partial charge >= 0.3 is 0 Å². The van der Waals surface area contributed by atoms with Crippen molar-refractivity contribution in [3.05, 3.63) is 200 Å². The number of hydrogen-bond donors (Lipinski definition) is 0. The molecule has 0 N–H and O–H groups in total. The van der Waals surface area contributed by atoms with Gasteiger partial charge in [0.15, 0.2) is 29.1 Å². The minimum Gasteiger partial charge on any atom is -0.277 e. The molecule has 0 fully saturated rings. The second-order valence-electron chi connectivity index (χ2n) is 14.4. The summed E-state index contributed by atoms with van der Waals surface area (Å²) in [4.78, 5) is 31.3. The molecule has 0 spiro atoms. The molecular formula is C52H33N7. The van der Waals surface area contributed by atoms with Gasteiger partial charge in [-0.15, -0.1) is 0 Å². The number of aromatic nitrogens is 7. The van der Waals surface area contributed by atoms with E-state index >= 15 is 0 Å². The van der Waals surface area contributed by atoms with Crippen LogP contribution in [0.25, 0.3) is 107 Å². The van der Waals surface area contributed by atoms with Gasteiger partial charge in [0.05, 0.1) is 16.6 Å². The van der Waals surface area contributed by atoms with Crippen molar-refractivity contribution in [2.45, 2.75) is 0 Å². The maximum atomic E-state index is 5.31. The first-order valence-electron chi connectivity index (χ1n) is 19.6. The third kappa shape index (κ3) is 6.18. The van der Waals surface area contributed by atoms with Gasteiger partial charge in [-0.25, -0.2) is 19.9 Å². The molecular weight excluding hydrogens is 723 g/mol. The predicted octanol–water partition coefficient (Wildman–Crippen LogP) is 12.3. The van der Waals surface area contributed by atoms with Crippen LogP contribution < -0.4 is 0 Å². The fourth-order valence-corrected chi connectivity index (χ4v) is 7.90. The van der Waals surface area contributed by atoms with Gasteiger partial charge < -0.3 is 0 Å². The summed E-state index contributed by atoms with van der Waals surface area (Å²) in [5.74, 6) is 3.36. The van der Waals surface area contributed by atoms with Gasteiger partial charge in [-0.1, -0.05) is 188 Å². The Labute approximate surface area is 340 Å². The van der Waals surface area contributed by atoms with Crippen molar-refractivity contribution in [3.8, 4) is 74.0 Å². The summed E-state index contributed by atoms with van der Waals surface area (Å²) in [6.45, 7) is 0. The number of nitrogens with zero attached hydrogens (tertiary/aromatic N) is 7. The lowest BCUT2D eigenvalue weighted by molar-refractivity contribution is 0.953. The fourth-order valence-electron chi connectivity index (χ4n) is 7.90. The van der Waals surface area contributed by atoms with Gasteiger partial charge in [-0.3, -0.25) is 4.57 Å². The van der Waals surface area contributed by atoms with E-state index in [1.807, 2.05) is 97.1 Å². The molecule has 3 heterocycles. The molecule has 276 valence electrons. The molecule has 0 unspecified atom stereocenters.